The van der Waals surface area contributed by atoms with Gasteiger partial charge in [0.15, 0.2) is 0 Å². The average Bonchev–Trinajstić information content (AvgIpc) is 2.41. The molecule has 1 atom stereocenters. The van der Waals surface area contributed by atoms with Gasteiger partial charge in [-0.2, -0.15) is 0 Å². The van der Waals surface area contributed by atoms with Crippen molar-refractivity contribution in [2.45, 2.75) is 25.8 Å². The topological polar surface area (TPSA) is 79.3 Å². The summed E-state index contributed by atoms with van der Waals surface area (Å²) in [5.41, 5.74) is 0. The molecule has 0 saturated carbocycles. The minimum atomic E-state index is -0.0566. The second-order valence-electron chi connectivity index (χ2n) is 4.02. The van der Waals surface area contributed by atoms with Crippen LogP contribution < -0.4 is 10.6 Å². The highest BCUT2D eigenvalue weighted by molar-refractivity contribution is 5.46. The molecule has 0 aromatic carbocycles. The summed E-state index contributed by atoms with van der Waals surface area (Å²) in [6, 6.07) is 1.78. The van der Waals surface area contributed by atoms with Gasteiger partial charge in [0.05, 0.1) is 12.6 Å². The van der Waals surface area contributed by atoms with Gasteiger partial charge in [0.1, 0.15) is 18.0 Å². The minimum Gasteiger partial charge on any atom is -0.394 e. The molecular weight excluding hydrogens is 232 g/mol. The number of aliphatic hydroxyl groups is 1. The zero-order valence-corrected chi connectivity index (χ0v) is 11.0. The minimum absolute atomic E-state index is 0.0467. The molecule has 1 aromatic rings. The smallest absolute Gasteiger partial charge is 0.131 e. The molecule has 0 saturated heterocycles. The van der Waals surface area contributed by atoms with Crippen molar-refractivity contribution in [2.24, 2.45) is 0 Å². The van der Waals surface area contributed by atoms with E-state index in [0.717, 1.165) is 25.2 Å². The van der Waals surface area contributed by atoms with E-state index in [9.17, 15) is 5.11 Å². The number of nitrogens with one attached hydrogen (secondary N) is 2. The molecule has 1 unspecified atom stereocenters. The fourth-order valence-corrected chi connectivity index (χ4v) is 1.46. The van der Waals surface area contributed by atoms with Crippen molar-refractivity contribution in [1.29, 1.82) is 0 Å². The molecule has 0 spiro atoms. The molecule has 6 nitrogen and oxygen atoms in total. The van der Waals surface area contributed by atoms with Gasteiger partial charge >= 0.3 is 0 Å². The summed E-state index contributed by atoms with van der Waals surface area (Å²) in [4.78, 5) is 8.25. The van der Waals surface area contributed by atoms with Crippen molar-refractivity contribution in [2.75, 3.05) is 37.5 Å². The fraction of sp³-hybridized carbons (Fsp3) is 0.667. The van der Waals surface area contributed by atoms with E-state index in [1.54, 1.807) is 7.11 Å². The summed E-state index contributed by atoms with van der Waals surface area (Å²) in [5, 5.41) is 15.6. The molecular formula is C12H22N4O2. The molecule has 0 aliphatic heterocycles. The van der Waals surface area contributed by atoms with Crippen LogP contribution in [0.5, 0.6) is 0 Å². The third kappa shape index (κ3) is 5.29. The predicted octanol–water partition coefficient (Wildman–Crippen LogP) is 1.11. The number of aliphatic hydroxyl groups excluding tert-OH is 1. The second kappa shape index (κ2) is 8.66. The van der Waals surface area contributed by atoms with Crippen LogP contribution in [-0.4, -0.2) is 48.0 Å². The van der Waals surface area contributed by atoms with E-state index >= 15 is 0 Å². The van der Waals surface area contributed by atoms with Crippen LogP contribution in [0, 0.1) is 0 Å². The fourth-order valence-electron chi connectivity index (χ4n) is 1.46. The number of nitrogens with zero attached hydrogens (tertiary/aromatic N) is 2. The van der Waals surface area contributed by atoms with Gasteiger partial charge in [0.25, 0.3) is 0 Å². The number of hydrogen-bond acceptors (Lipinski definition) is 6. The van der Waals surface area contributed by atoms with E-state index < -0.39 is 0 Å². The van der Waals surface area contributed by atoms with E-state index in [-0.39, 0.29) is 12.6 Å². The van der Waals surface area contributed by atoms with Gasteiger partial charge in [0.2, 0.25) is 0 Å². The largest absolute Gasteiger partial charge is 0.394 e. The standard InChI is InChI=1S/C12H22N4O2/c1-3-5-13-11-7-12(15-9-14-11)16-10(8-17)4-6-18-2/h7,9-10,17H,3-6,8H2,1-2H3,(H2,13,14,15,16). The van der Waals surface area contributed by atoms with Gasteiger partial charge in [-0.05, 0) is 12.8 Å². The van der Waals surface area contributed by atoms with Crippen molar-refractivity contribution in [3.63, 3.8) is 0 Å². The zero-order chi connectivity index (χ0) is 13.2. The van der Waals surface area contributed by atoms with Crippen molar-refractivity contribution in [3.8, 4) is 0 Å². The molecule has 0 aliphatic rings. The SMILES string of the molecule is CCCNc1cc(NC(CO)CCOC)ncn1. The van der Waals surface area contributed by atoms with Crippen LogP contribution in [0.25, 0.3) is 0 Å². The molecule has 1 rings (SSSR count). The molecule has 0 aliphatic carbocycles. The highest BCUT2D eigenvalue weighted by Gasteiger charge is 2.08. The van der Waals surface area contributed by atoms with Gasteiger partial charge in [-0.1, -0.05) is 6.92 Å². The third-order valence-electron chi connectivity index (χ3n) is 2.47. The number of aromatic nitrogens is 2. The van der Waals surface area contributed by atoms with Gasteiger partial charge in [0, 0.05) is 26.3 Å². The lowest BCUT2D eigenvalue weighted by Crippen LogP contribution is -2.26. The first-order valence-corrected chi connectivity index (χ1v) is 6.22. The maximum atomic E-state index is 9.25. The number of anilines is 2. The lowest BCUT2D eigenvalue weighted by molar-refractivity contribution is 0.174. The van der Waals surface area contributed by atoms with Crippen molar-refractivity contribution < 1.29 is 9.84 Å². The van der Waals surface area contributed by atoms with E-state index in [1.165, 1.54) is 6.33 Å². The highest BCUT2D eigenvalue weighted by Crippen LogP contribution is 2.10. The van der Waals surface area contributed by atoms with E-state index in [1.807, 2.05) is 6.07 Å². The zero-order valence-electron chi connectivity index (χ0n) is 11.0. The summed E-state index contributed by atoms with van der Waals surface area (Å²) in [6.07, 6.45) is 3.28. The number of rotatable bonds is 9. The van der Waals surface area contributed by atoms with Crippen LogP contribution in [0.1, 0.15) is 19.8 Å². The van der Waals surface area contributed by atoms with Crippen molar-refractivity contribution in [1.82, 2.24) is 9.97 Å². The average molecular weight is 254 g/mol. The van der Waals surface area contributed by atoms with Crippen LogP contribution in [0.3, 0.4) is 0 Å². The van der Waals surface area contributed by atoms with Gasteiger partial charge in [-0.15, -0.1) is 0 Å². The molecule has 0 fully saturated rings. The first-order valence-electron chi connectivity index (χ1n) is 6.22. The van der Waals surface area contributed by atoms with Gasteiger partial charge in [-0.25, -0.2) is 9.97 Å². The Kier molecular flexibility index (Phi) is 7.05. The lowest BCUT2D eigenvalue weighted by Gasteiger charge is -2.16. The Balaban J connectivity index is 2.53. The quantitative estimate of drug-likeness (QED) is 0.612. The maximum absolute atomic E-state index is 9.25. The highest BCUT2D eigenvalue weighted by atomic mass is 16.5. The van der Waals surface area contributed by atoms with Crippen LogP contribution in [0.15, 0.2) is 12.4 Å². The Labute approximate surface area is 108 Å². The van der Waals surface area contributed by atoms with Crippen LogP contribution in [-0.2, 0) is 4.74 Å². The van der Waals surface area contributed by atoms with E-state index in [0.29, 0.717) is 12.4 Å². The Morgan fingerprint density at radius 3 is 2.83 bits per heavy atom. The summed E-state index contributed by atoms with van der Waals surface area (Å²) in [5.74, 6) is 1.50. The van der Waals surface area contributed by atoms with Crippen LogP contribution >= 0.6 is 0 Å². The molecule has 1 heterocycles. The van der Waals surface area contributed by atoms with Gasteiger partial charge in [-0.3, -0.25) is 0 Å². The number of ether oxygens (including phenoxy) is 1. The first-order chi connectivity index (χ1) is 8.80. The first kappa shape index (κ1) is 14.7. The van der Waals surface area contributed by atoms with Crippen LogP contribution in [0.2, 0.25) is 0 Å². The molecule has 1 aromatic heterocycles. The van der Waals surface area contributed by atoms with Crippen molar-refractivity contribution in [3.05, 3.63) is 12.4 Å². The molecule has 18 heavy (non-hydrogen) atoms. The van der Waals surface area contributed by atoms with Crippen LogP contribution in [0.4, 0.5) is 11.6 Å². The Bertz CT molecular complexity index is 336. The number of methoxy groups -OCH3 is 1. The second-order valence-corrected chi connectivity index (χ2v) is 4.02. The van der Waals surface area contributed by atoms with E-state index in [2.05, 4.69) is 27.5 Å². The predicted molar refractivity (Wildman–Crippen MR) is 71.8 cm³/mol. The lowest BCUT2D eigenvalue weighted by atomic mass is 10.2. The summed E-state index contributed by atoms with van der Waals surface area (Å²) < 4.78 is 4.99. The Morgan fingerprint density at radius 2 is 2.17 bits per heavy atom. The van der Waals surface area contributed by atoms with Crippen molar-refractivity contribution >= 4 is 11.6 Å². The van der Waals surface area contributed by atoms with Gasteiger partial charge < -0.3 is 20.5 Å². The third-order valence-corrected chi connectivity index (χ3v) is 2.47. The normalized spacial score (nSPS) is 12.2. The molecule has 0 radical (unpaired) electrons. The molecule has 3 N–H and O–H groups in total. The Morgan fingerprint density at radius 1 is 1.39 bits per heavy atom. The summed E-state index contributed by atoms with van der Waals surface area (Å²) in [6.45, 7) is 3.62. The molecule has 0 bridgehead atoms. The maximum Gasteiger partial charge on any atom is 0.131 e. The summed E-state index contributed by atoms with van der Waals surface area (Å²) in [7, 11) is 1.64. The number of hydrogen-bond donors (Lipinski definition) is 3. The monoisotopic (exact) mass is 254 g/mol. The molecule has 6 heteroatoms. The van der Waals surface area contributed by atoms with E-state index in [4.69, 9.17) is 4.74 Å². The molecule has 102 valence electrons. The molecule has 0 amide bonds. The Hall–Kier alpha value is -1.40. The summed E-state index contributed by atoms with van der Waals surface area (Å²) >= 11 is 0.